The zero-order valence-electron chi connectivity index (χ0n) is 12.3. The third kappa shape index (κ3) is 2.85. The molecule has 1 saturated heterocycles. The Morgan fingerprint density at radius 3 is 3.00 bits per heavy atom. The number of hydrogen-bond donors (Lipinski definition) is 0. The van der Waals surface area contributed by atoms with E-state index in [0.29, 0.717) is 11.7 Å². The van der Waals surface area contributed by atoms with Gasteiger partial charge in [0.25, 0.3) is 5.91 Å². The molecule has 0 N–H and O–H groups in total. The summed E-state index contributed by atoms with van der Waals surface area (Å²) in [4.78, 5) is 19.8. The van der Waals surface area contributed by atoms with E-state index in [-0.39, 0.29) is 17.9 Å². The molecule has 3 rings (SSSR count). The van der Waals surface area contributed by atoms with Crippen LogP contribution in [0.2, 0.25) is 0 Å². The van der Waals surface area contributed by atoms with Crippen molar-refractivity contribution < 1.29 is 9.32 Å². The summed E-state index contributed by atoms with van der Waals surface area (Å²) in [6.45, 7) is 4.81. The molecule has 1 fully saturated rings. The van der Waals surface area contributed by atoms with E-state index < -0.39 is 0 Å². The van der Waals surface area contributed by atoms with Crippen LogP contribution in [0, 0.1) is 0 Å². The van der Waals surface area contributed by atoms with Crippen LogP contribution in [0.4, 0.5) is 0 Å². The molecule has 6 heteroatoms. The second kappa shape index (κ2) is 5.97. The first-order valence-electron chi connectivity index (χ1n) is 7.35. The molecule has 0 unspecified atom stereocenters. The third-order valence-corrected chi connectivity index (χ3v) is 4.61. The first-order valence-corrected chi connectivity index (χ1v) is 8.22. The minimum Gasteiger partial charge on any atom is -0.337 e. The SMILES string of the molecule is CC(C)c1noc([C@@H]2CCCCN2C(=O)c2cccs2)n1. The summed E-state index contributed by atoms with van der Waals surface area (Å²) >= 11 is 1.47. The molecule has 1 aliphatic rings. The van der Waals surface area contributed by atoms with Gasteiger partial charge in [-0.2, -0.15) is 4.98 Å². The van der Waals surface area contributed by atoms with E-state index in [1.54, 1.807) is 0 Å². The van der Waals surface area contributed by atoms with Gasteiger partial charge in [-0.1, -0.05) is 25.1 Å². The Hall–Kier alpha value is -1.69. The van der Waals surface area contributed by atoms with Crippen molar-refractivity contribution in [3.8, 4) is 0 Å². The largest absolute Gasteiger partial charge is 0.337 e. The predicted octanol–water partition coefficient (Wildman–Crippen LogP) is 3.62. The molecule has 0 aromatic carbocycles. The monoisotopic (exact) mass is 305 g/mol. The molecule has 1 atom stereocenters. The fraction of sp³-hybridized carbons (Fsp3) is 0.533. The molecule has 0 bridgehead atoms. The van der Waals surface area contributed by atoms with Gasteiger partial charge in [0.05, 0.1) is 4.88 Å². The van der Waals surface area contributed by atoms with Crippen LogP contribution in [-0.2, 0) is 0 Å². The molecule has 2 aromatic heterocycles. The van der Waals surface area contributed by atoms with Crippen molar-refractivity contribution in [3.63, 3.8) is 0 Å². The molecule has 1 aliphatic heterocycles. The van der Waals surface area contributed by atoms with Crippen molar-refractivity contribution >= 4 is 17.2 Å². The first kappa shape index (κ1) is 14.3. The molecule has 1 amide bonds. The van der Waals surface area contributed by atoms with Gasteiger partial charge in [-0.25, -0.2) is 0 Å². The van der Waals surface area contributed by atoms with Crippen molar-refractivity contribution in [2.24, 2.45) is 0 Å². The maximum absolute atomic E-state index is 12.6. The van der Waals surface area contributed by atoms with E-state index in [1.807, 2.05) is 36.3 Å². The fourth-order valence-corrected chi connectivity index (χ4v) is 3.27. The number of hydrogen-bond acceptors (Lipinski definition) is 5. The molecular weight excluding hydrogens is 286 g/mol. The smallest absolute Gasteiger partial charge is 0.264 e. The number of aromatic nitrogens is 2. The topological polar surface area (TPSA) is 59.2 Å². The average Bonchev–Trinajstić information content (AvgIpc) is 3.18. The molecule has 0 spiro atoms. The number of thiophene rings is 1. The molecule has 0 aliphatic carbocycles. The second-order valence-corrected chi connectivity index (χ2v) is 6.58. The van der Waals surface area contributed by atoms with E-state index >= 15 is 0 Å². The summed E-state index contributed by atoms with van der Waals surface area (Å²) in [6, 6.07) is 3.68. The van der Waals surface area contributed by atoms with Gasteiger partial charge < -0.3 is 9.42 Å². The molecule has 0 saturated carbocycles. The van der Waals surface area contributed by atoms with Gasteiger partial charge in [-0.3, -0.25) is 4.79 Å². The molecule has 0 radical (unpaired) electrons. The standard InChI is InChI=1S/C15H19N3O2S/c1-10(2)13-16-14(20-17-13)11-6-3-4-8-18(11)15(19)12-7-5-9-21-12/h5,7,9-11H,3-4,6,8H2,1-2H3/t11-/m0/s1. The Morgan fingerprint density at radius 1 is 1.48 bits per heavy atom. The zero-order chi connectivity index (χ0) is 14.8. The van der Waals surface area contributed by atoms with Crippen LogP contribution in [0.15, 0.2) is 22.0 Å². The highest BCUT2D eigenvalue weighted by molar-refractivity contribution is 7.12. The van der Waals surface area contributed by atoms with Crippen molar-refractivity contribution in [3.05, 3.63) is 34.1 Å². The van der Waals surface area contributed by atoms with Crippen LogP contribution >= 0.6 is 11.3 Å². The van der Waals surface area contributed by atoms with E-state index in [0.717, 1.165) is 30.7 Å². The summed E-state index contributed by atoms with van der Waals surface area (Å²) in [5.74, 6) is 1.58. The number of carbonyl (C=O) groups is 1. The van der Waals surface area contributed by atoms with Gasteiger partial charge in [0.15, 0.2) is 5.82 Å². The molecule has 112 valence electrons. The van der Waals surface area contributed by atoms with Gasteiger partial charge in [0, 0.05) is 12.5 Å². The van der Waals surface area contributed by atoms with E-state index in [4.69, 9.17) is 4.52 Å². The minimum atomic E-state index is -0.0895. The van der Waals surface area contributed by atoms with Crippen molar-refractivity contribution in [2.75, 3.05) is 6.54 Å². The molecule has 2 aromatic rings. The number of nitrogens with zero attached hydrogens (tertiary/aromatic N) is 3. The normalized spacial score (nSPS) is 19.2. The van der Waals surface area contributed by atoms with Crippen LogP contribution in [0.3, 0.4) is 0 Å². The van der Waals surface area contributed by atoms with Gasteiger partial charge in [0.2, 0.25) is 5.89 Å². The Bertz CT molecular complexity index is 606. The lowest BCUT2D eigenvalue weighted by atomic mass is 10.0. The number of rotatable bonds is 3. The number of likely N-dealkylation sites (tertiary alicyclic amines) is 1. The molecule has 5 nitrogen and oxygen atoms in total. The van der Waals surface area contributed by atoms with Crippen molar-refractivity contribution in [1.29, 1.82) is 0 Å². The van der Waals surface area contributed by atoms with Crippen molar-refractivity contribution in [2.45, 2.75) is 45.1 Å². The third-order valence-electron chi connectivity index (χ3n) is 3.75. The highest BCUT2D eigenvalue weighted by Gasteiger charge is 2.33. The lowest BCUT2D eigenvalue weighted by Gasteiger charge is -2.33. The number of amides is 1. The Balaban J connectivity index is 1.85. The van der Waals surface area contributed by atoms with Crippen LogP contribution in [-0.4, -0.2) is 27.5 Å². The molecule has 21 heavy (non-hydrogen) atoms. The van der Waals surface area contributed by atoms with Crippen LogP contribution in [0.25, 0.3) is 0 Å². The maximum atomic E-state index is 12.6. The van der Waals surface area contributed by atoms with Crippen LogP contribution in [0.5, 0.6) is 0 Å². The van der Waals surface area contributed by atoms with Gasteiger partial charge in [-0.05, 0) is 30.7 Å². The van der Waals surface area contributed by atoms with E-state index in [2.05, 4.69) is 10.1 Å². The summed E-state index contributed by atoms with van der Waals surface area (Å²) in [7, 11) is 0. The number of piperidine rings is 1. The summed E-state index contributed by atoms with van der Waals surface area (Å²) in [6.07, 6.45) is 2.99. The zero-order valence-corrected chi connectivity index (χ0v) is 13.1. The first-order chi connectivity index (χ1) is 10.2. The summed E-state index contributed by atoms with van der Waals surface area (Å²) < 4.78 is 5.41. The number of carbonyl (C=O) groups excluding carboxylic acids is 1. The lowest BCUT2D eigenvalue weighted by molar-refractivity contribution is 0.0566. The van der Waals surface area contributed by atoms with Crippen LogP contribution < -0.4 is 0 Å². The van der Waals surface area contributed by atoms with Gasteiger partial charge in [-0.15, -0.1) is 11.3 Å². The van der Waals surface area contributed by atoms with E-state index in [9.17, 15) is 4.79 Å². The maximum Gasteiger partial charge on any atom is 0.264 e. The second-order valence-electron chi connectivity index (χ2n) is 5.63. The Kier molecular flexibility index (Phi) is 4.05. The van der Waals surface area contributed by atoms with Crippen molar-refractivity contribution in [1.82, 2.24) is 15.0 Å². The Labute approximate surface area is 128 Å². The quantitative estimate of drug-likeness (QED) is 0.869. The highest BCUT2D eigenvalue weighted by atomic mass is 32.1. The molecular formula is C15H19N3O2S. The average molecular weight is 305 g/mol. The highest BCUT2D eigenvalue weighted by Crippen LogP contribution is 2.32. The Morgan fingerprint density at radius 2 is 2.33 bits per heavy atom. The fourth-order valence-electron chi connectivity index (χ4n) is 2.59. The van der Waals surface area contributed by atoms with Gasteiger partial charge >= 0.3 is 0 Å². The summed E-state index contributed by atoms with van der Waals surface area (Å²) in [5, 5.41) is 5.95. The lowest BCUT2D eigenvalue weighted by Crippen LogP contribution is -2.38. The summed E-state index contributed by atoms with van der Waals surface area (Å²) in [5.41, 5.74) is 0. The minimum absolute atomic E-state index is 0.0685. The predicted molar refractivity (Wildman–Crippen MR) is 80.3 cm³/mol. The van der Waals surface area contributed by atoms with Crippen LogP contribution in [0.1, 0.15) is 66.5 Å². The molecule has 3 heterocycles. The van der Waals surface area contributed by atoms with E-state index in [1.165, 1.54) is 11.3 Å². The van der Waals surface area contributed by atoms with Gasteiger partial charge in [0.1, 0.15) is 6.04 Å².